The van der Waals surface area contributed by atoms with Crippen LogP contribution in [0.1, 0.15) is 12.8 Å². The third-order valence-electron chi connectivity index (χ3n) is 1.90. The zero-order chi connectivity index (χ0) is 7.94. The Morgan fingerprint density at radius 1 is 1.36 bits per heavy atom. The van der Waals surface area contributed by atoms with Gasteiger partial charge in [-0.1, -0.05) is 6.08 Å². The highest BCUT2D eigenvalue weighted by Crippen LogP contribution is 2.00. The van der Waals surface area contributed by atoms with E-state index in [1.54, 1.807) is 0 Å². The molecule has 2 heteroatoms. The van der Waals surface area contributed by atoms with Crippen LogP contribution < -0.4 is 5.32 Å². The molecule has 1 N–H and O–H groups in total. The Morgan fingerprint density at radius 3 is 3.09 bits per heavy atom. The lowest BCUT2D eigenvalue weighted by molar-refractivity contribution is 0.353. The van der Waals surface area contributed by atoms with Crippen molar-refractivity contribution < 1.29 is 0 Å². The largest absolute Gasteiger partial charge is 0.315 e. The summed E-state index contributed by atoms with van der Waals surface area (Å²) >= 11 is 0. The van der Waals surface area contributed by atoms with E-state index < -0.39 is 0 Å². The molecule has 0 aliphatic carbocycles. The molecule has 0 aromatic carbocycles. The molecule has 1 fully saturated rings. The minimum Gasteiger partial charge on any atom is -0.315 e. The van der Waals surface area contributed by atoms with E-state index in [-0.39, 0.29) is 0 Å². The van der Waals surface area contributed by atoms with Gasteiger partial charge in [0.05, 0.1) is 0 Å². The van der Waals surface area contributed by atoms with Crippen molar-refractivity contribution in [2.45, 2.75) is 12.8 Å². The normalized spacial score (nSPS) is 21.1. The van der Waals surface area contributed by atoms with Gasteiger partial charge in [0.1, 0.15) is 0 Å². The molecular formula is C9H17N2. The van der Waals surface area contributed by atoms with Gasteiger partial charge in [0, 0.05) is 19.6 Å². The molecule has 1 aliphatic heterocycles. The minimum absolute atomic E-state index is 1.00. The van der Waals surface area contributed by atoms with Crippen LogP contribution in [0.2, 0.25) is 0 Å². The zero-order valence-electron chi connectivity index (χ0n) is 7.05. The topological polar surface area (TPSA) is 15.3 Å². The van der Waals surface area contributed by atoms with Crippen molar-refractivity contribution in [3.05, 3.63) is 19.2 Å². The molecule has 1 radical (unpaired) electrons. The van der Waals surface area contributed by atoms with Gasteiger partial charge in [-0.3, -0.25) is 4.90 Å². The lowest BCUT2D eigenvalue weighted by atomic mass is 10.3. The molecule has 0 atom stereocenters. The maximum Gasteiger partial charge on any atom is 0.0289 e. The van der Waals surface area contributed by atoms with Crippen molar-refractivity contribution in [2.24, 2.45) is 0 Å². The van der Waals surface area contributed by atoms with Gasteiger partial charge < -0.3 is 5.32 Å². The standard InChI is InChI=1S/C9H17N2/c1-2-3-7-11-8-4-5-10-6-9-11/h2,7,10H,1,3-6,8-9H2. The molecule has 0 spiro atoms. The van der Waals surface area contributed by atoms with E-state index in [4.69, 9.17) is 0 Å². The van der Waals surface area contributed by atoms with Crippen LogP contribution in [0, 0.1) is 6.54 Å². The van der Waals surface area contributed by atoms with E-state index >= 15 is 0 Å². The minimum atomic E-state index is 1.00. The van der Waals surface area contributed by atoms with Crippen LogP contribution in [-0.4, -0.2) is 31.1 Å². The van der Waals surface area contributed by atoms with Gasteiger partial charge in [-0.25, -0.2) is 0 Å². The van der Waals surface area contributed by atoms with Gasteiger partial charge in [-0.2, -0.15) is 0 Å². The quantitative estimate of drug-likeness (QED) is 0.609. The van der Waals surface area contributed by atoms with Gasteiger partial charge in [0.15, 0.2) is 0 Å². The van der Waals surface area contributed by atoms with Crippen molar-refractivity contribution in [3.8, 4) is 0 Å². The lowest BCUT2D eigenvalue weighted by Crippen LogP contribution is -2.25. The summed E-state index contributed by atoms with van der Waals surface area (Å²) < 4.78 is 0. The molecule has 0 amide bonds. The van der Waals surface area contributed by atoms with Gasteiger partial charge in [-0.15, -0.1) is 6.58 Å². The second kappa shape index (κ2) is 5.33. The monoisotopic (exact) mass is 153 g/mol. The first-order chi connectivity index (χ1) is 5.43. The first-order valence-corrected chi connectivity index (χ1v) is 4.32. The molecule has 1 heterocycles. The summed E-state index contributed by atoms with van der Waals surface area (Å²) in [6.07, 6.45) is 4.20. The molecule has 0 bridgehead atoms. The van der Waals surface area contributed by atoms with Gasteiger partial charge >= 0.3 is 0 Å². The number of rotatable bonds is 3. The van der Waals surface area contributed by atoms with Crippen LogP contribution in [0.25, 0.3) is 0 Å². The predicted octanol–water partition coefficient (Wildman–Crippen LogP) is 1.02. The van der Waals surface area contributed by atoms with E-state index in [9.17, 15) is 0 Å². The number of hydrogen-bond donors (Lipinski definition) is 1. The fraction of sp³-hybridized carbons (Fsp3) is 0.667. The van der Waals surface area contributed by atoms with Crippen molar-refractivity contribution in [1.29, 1.82) is 0 Å². The fourth-order valence-corrected chi connectivity index (χ4v) is 1.27. The first kappa shape index (κ1) is 8.75. The Kier molecular flexibility index (Phi) is 4.24. The molecule has 11 heavy (non-hydrogen) atoms. The summed E-state index contributed by atoms with van der Waals surface area (Å²) in [6.45, 7) is 10.6. The first-order valence-electron chi connectivity index (χ1n) is 4.32. The second-order valence-electron chi connectivity index (χ2n) is 2.85. The molecule has 1 saturated heterocycles. The second-order valence-corrected chi connectivity index (χ2v) is 2.85. The average Bonchev–Trinajstić information content (AvgIpc) is 2.28. The number of nitrogens with zero attached hydrogens (tertiary/aromatic N) is 1. The summed E-state index contributed by atoms with van der Waals surface area (Å²) in [4.78, 5) is 2.38. The Balaban J connectivity index is 2.14. The zero-order valence-corrected chi connectivity index (χ0v) is 7.05. The Morgan fingerprint density at radius 2 is 2.27 bits per heavy atom. The van der Waals surface area contributed by atoms with Crippen LogP contribution in [-0.2, 0) is 0 Å². The molecule has 0 aromatic rings. The summed E-state index contributed by atoms with van der Waals surface area (Å²) in [5.41, 5.74) is 0. The van der Waals surface area contributed by atoms with E-state index in [1.165, 1.54) is 19.5 Å². The van der Waals surface area contributed by atoms with E-state index in [0.717, 1.165) is 19.5 Å². The summed E-state index contributed by atoms with van der Waals surface area (Å²) in [6, 6.07) is 0. The Bertz CT molecular complexity index is 104. The Hall–Kier alpha value is -0.340. The van der Waals surface area contributed by atoms with Crippen molar-refractivity contribution in [1.82, 2.24) is 10.2 Å². The average molecular weight is 153 g/mol. The summed E-state index contributed by atoms with van der Waals surface area (Å²) in [5.74, 6) is 0. The van der Waals surface area contributed by atoms with Crippen molar-refractivity contribution in [3.63, 3.8) is 0 Å². The molecule has 63 valence electrons. The van der Waals surface area contributed by atoms with Crippen LogP contribution in [0.5, 0.6) is 0 Å². The highest BCUT2D eigenvalue weighted by molar-refractivity contribution is 4.80. The Labute approximate surface area is 69.3 Å². The maximum atomic E-state index is 3.69. The third kappa shape index (κ3) is 3.54. The van der Waals surface area contributed by atoms with Crippen molar-refractivity contribution >= 4 is 0 Å². The highest BCUT2D eigenvalue weighted by atomic mass is 15.1. The molecule has 0 saturated carbocycles. The van der Waals surface area contributed by atoms with Gasteiger partial charge in [0.2, 0.25) is 0 Å². The molecule has 2 nitrogen and oxygen atoms in total. The van der Waals surface area contributed by atoms with Crippen LogP contribution in [0.4, 0.5) is 0 Å². The smallest absolute Gasteiger partial charge is 0.0289 e. The van der Waals surface area contributed by atoms with E-state index in [0.29, 0.717) is 0 Å². The predicted molar refractivity (Wildman–Crippen MR) is 48.2 cm³/mol. The fourth-order valence-electron chi connectivity index (χ4n) is 1.27. The van der Waals surface area contributed by atoms with E-state index in [1.807, 2.05) is 6.08 Å². The third-order valence-corrected chi connectivity index (χ3v) is 1.90. The molecule has 1 aliphatic rings. The molecule has 0 unspecified atom stereocenters. The van der Waals surface area contributed by atoms with E-state index in [2.05, 4.69) is 23.3 Å². The number of nitrogens with one attached hydrogen (secondary N) is 1. The maximum absolute atomic E-state index is 3.69. The van der Waals surface area contributed by atoms with Crippen LogP contribution >= 0.6 is 0 Å². The SMILES string of the molecule is C=CC[CH]N1CCCNCC1. The molecule has 1 rings (SSSR count). The van der Waals surface area contributed by atoms with Gasteiger partial charge in [-0.05, 0) is 25.9 Å². The molecular weight excluding hydrogens is 136 g/mol. The summed E-state index contributed by atoms with van der Waals surface area (Å²) in [5, 5.41) is 3.37. The highest BCUT2D eigenvalue weighted by Gasteiger charge is 2.06. The van der Waals surface area contributed by atoms with Crippen molar-refractivity contribution in [2.75, 3.05) is 26.2 Å². The van der Waals surface area contributed by atoms with Crippen LogP contribution in [0.15, 0.2) is 12.7 Å². The van der Waals surface area contributed by atoms with Crippen LogP contribution in [0.3, 0.4) is 0 Å². The lowest BCUT2D eigenvalue weighted by Gasteiger charge is -2.17. The van der Waals surface area contributed by atoms with Gasteiger partial charge in [0.25, 0.3) is 0 Å². The molecule has 0 aromatic heterocycles. The summed E-state index contributed by atoms with van der Waals surface area (Å²) in [7, 11) is 0. The number of hydrogen-bond acceptors (Lipinski definition) is 2.